The minimum atomic E-state index is -0.675. The molecule has 0 aliphatic rings. The first-order chi connectivity index (χ1) is 11.8. The molecule has 136 valence electrons. The number of nitrogens with one attached hydrogen (secondary N) is 1. The zero-order valence-corrected chi connectivity index (χ0v) is 15.3. The van der Waals surface area contributed by atoms with Gasteiger partial charge in [0.1, 0.15) is 0 Å². The molecule has 0 spiro atoms. The third kappa shape index (κ3) is 6.19. The summed E-state index contributed by atoms with van der Waals surface area (Å²) in [6, 6.07) is 3.73. The van der Waals surface area contributed by atoms with E-state index in [1.54, 1.807) is 27.7 Å². The van der Waals surface area contributed by atoms with Crippen LogP contribution in [0, 0.1) is 5.92 Å². The third-order valence-electron chi connectivity index (χ3n) is 3.26. The van der Waals surface area contributed by atoms with E-state index in [1.165, 1.54) is 18.2 Å². The van der Waals surface area contributed by atoms with Gasteiger partial charge >= 0.3 is 18.0 Å². The molecule has 1 rings (SSSR count). The molecule has 0 aliphatic carbocycles. The van der Waals surface area contributed by atoms with E-state index < -0.39 is 23.9 Å². The van der Waals surface area contributed by atoms with Crippen molar-refractivity contribution in [3.8, 4) is 0 Å². The first-order valence-corrected chi connectivity index (χ1v) is 8.17. The fraction of sp³-hybridized carbons (Fsp3) is 0.412. The molecule has 0 radical (unpaired) electrons. The van der Waals surface area contributed by atoms with Crippen LogP contribution in [0.4, 0.5) is 10.5 Å². The summed E-state index contributed by atoms with van der Waals surface area (Å²) in [4.78, 5) is 39.3. The molecule has 25 heavy (non-hydrogen) atoms. The molecule has 1 unspecified atom stereocenters. The van der Waals surface area contributed by atoms with E-state index in [2.05, 4.69) is 10.3 Å². The Bertz CT molecular complexity index is 688. The number of urea groups is 1. The summed E-state index contributed by atoms with van der Waals surface area (Å²) in [7, 11) is 0. The van der Waals surface area contributed by atoms with Crippen molar-refractivity contribution < 1.29 is 23.9 Å². The molecule has 1 aromatic carbocycles. The number of hydrogen-bond acceptors (Lipinski definition) is 5. The lowest BCUT2D eigenvalue weighted by molar-refractivity contribution is -0.145. The zero-order valence-electron chi connectivity index (χ0n) is 14.6. The molecule has 0 heterocycles. The van der Waals surface area contributed by atoms with Gasteiger partial charge in [-0.05, 0) is 45.9 Å². The van der Waals surface area contributed by atoms with Crippen LogP contribution in [0.5, 0.6) is 0 Å². The molecule has 1 aromatic rings. The second-order valence-electron chi connectivity index (χ2n) is 5.07. The van der Waals surface area contributed by atoms with Gasteiger partial charge in [0.15, 0.2) is 0 Å². The van der Waals surface area contributed by atoms with Gasteiger partial charge < -0.3 is 14.8 Å². The fourth-order valence-electron chi connectivity index (χ4n) is 1.81. The van der Waals surface area contributed by atoms with Crippen LogP contribution in [-0.2, 0) is 14.3 Å². The summed E-state index contributed by atoms with van der Waals surface area (Å²) in [6.07, 6.45) is 0. The van der Waals surface area contributed by atoms with Crippen LogP contribution < -0.4 is 5.32 Å². The number of aliphatic imine (C=N–C) groups is 1. The van der Waals surface area contributed by atoms with Crippen molar-refractivity contribution >= 4 is 41.0 Å². The van der Waals surface area contributed by atoms with Crippen molar-refractivity contribution in [3.63, 3.8) is 0 Å². The number of anilines is 1. The van der Waals surface area contributed by atoms with Crippen molar-refractivity contribution in [3.05, 3.63) is 28.8 Å². The van der Waals surface area contributed by atoms with E-state index in [9.17, 15) is 14.4 Å². The molecular formula is C17H21ClN2O5. The van der Waals surface area contributed by atoms with Gasteiger partial charge in [-0.15, -0.1) is 0 Å². The zero-order chi connectivity index (χ0) is 19.0. The maximum Gasteiger partial charge on any atom is 0.345 e. The number of amides is 2. The fourth-order valence-corrected chi connectivity index (χ4v) is 2.01. The number of rotatable bonds is 6. The van der Waals surface area contributed by atoms with E-state index in [0.717, 1.165) is 0 Å². The summed E-state index contributed by atoms with van der Waals surface area (Å²) >= 11 is 5.96. The molecule has 0 saturated carbocycles. The summed E-state index contributed by atoms with van der Waals surface area (Å²) in [5.41, 5.74) is 0.787. The van der Waals surface area contributed by atoms with E-state index in [-0.39, 0.29) is 23.8 Å². The Morgan fingerprint density at radius 1 is 1.20 bits per heavy atom. The van der Waals surface area contributed by atoms with Gasteiger partial charge in [0.25, 0.3) is 0 Å². The highest BCUT2D eigenvalue weighted by molar-refractivity contribution is 6.33. The standard InChI is InChI=1S/C17H21ClN2O5/c1-5-24-15(21)10(3)11(4)19-17(23)20-12-7-8-14(18)13(9-12)16(22)25-6-2/h7-10H,5-6H2,1-4H3,(H,20,23). The van der Waals surface area contributed by atoms with Gasteiger partial charge in [0.05, 0.1) is 29.7 Å². The molecule has 8 heteroatoms. The summed E-state index contributed by atoms with van der Waals surface area (Å²) in [5, 5.41) is 2.73. The van der Waals surface area contributed by atoms with E-state index in [0.29, 0.717) is 11.4 Å². The number of carbonyl (C=O) groups is 3. The maximum absolute atomic E-state index is 12.0. The predicted octanol–water partition coefficient (Wildman–Crippen LogP) is 3.71. The van der Waals surface area contributed by atoms with Crippen LogP contribution in [0.25, 0.3) is 0 Å². The van der Waals surface area contributed by atoms with Crippen LogP contribution in [0.3, 0.4) is 0 Å². The number of halogens is 1. The second kappa shape index (κ2) is 9.78. The number of hydrogen-bond donors (Lipinski definition) is 1. The molecule has 1 atom stereocenters. The van der Waals surface area contributed by atoms with Gasteiger partial charge in [-0.3, -0.25) is 4.79 Å². The van der Waals surface area contributed by atoms with Gasteiger partial charge in [0, 0.05) is 11.4 Å². The highest BCUT2D eigenvalue weighted by Crippen LogP contribution is 2.21. The predicted molar refractivity (Wildman–Crippen MR) is 95.3 cm³/mol. The molecule has 0 aromatic heterocycles. The van der Waals surface area contributed by atoms with Gasteiger partial charge in [-0.25, -0.2) is 14.6 Å². The molecule has 0 saturated heterocycles. The summed E-state index contributed by atoms with van der Waals surface area (Å²) < 4.78 is 9.78. The SMILES string of the molecule is CCOC(=O)c1cc(NC(=O)N=C(C)C(C)C(=O)OCC)ccc1Cl. The van der Waals surface area contributed by atoms with Crippen molar-refractivity contribution in [2.24, 2.45) is 10.9 Å². The minimum Gasteiger partial charge on any atom is -0.465 e. The Balaban J connectivity index is 2.86. The van der Waals surface area contributed by atoms with Crippen molar-refractivity contribution in [1.82, 2.24) is 0 Å². The lowest BCUT2D eigenvalue weighted by Crippen LogP contribution is -2.23. The normalized spacial score (nSPS) is 12.3. The number of esters is 2. The van der Waals surface area contributed by atoms with Crippen LogP contribution in [0.2, 0.25) is 5.02 Å². The van der Waals surface area contributed by atoms with Crippen molar-refractivity contribution in [2.45, 2.75) is 27.7 Å². The quantitative estimate of drug-likeness (QED) is 0.610. The van der Waals surface area contributed by atoms with Crippen LogP contribution >= 0.6 is 11.6 Å². The molecule has 7 nitrogen and oxygen atoms in total. The Morgan fingerprint density at radius 2 is 1.84 bits per heavy atom. The highest BCUT2D eigenvalue weighted by Gasteiger charge is 2.18. The number of ether oxygens (including phenoxy) is 2. The second-order valence-corrected chi connectivity index (χ2v) is 5.48. The van der Waals surface area contributed by atoms with E-state index >= 15 is 0 Å². The molecule has 2 amide bonds. The molecule has 1 N–H and O–H groups in total. The largest absolute Gasteiger partial charge is 0.465 e. The third-order valence-corrected chi connectivity index (χ3v) is 3.59. The average Bonchev–Trinajstić information content (AvgIpc) is 2.56. The van der Waals surface area contributed by atoms with Crippen molar-refractivity contribution in [2.75, 3.05) is 18.5 Å². The van der Waals surface area contributed by atoms with Crippen LogP contribution in [0.1, 0.15) is 38.1 Å². The van der Waals surface area contributed by atoms with E-state index in [1.807, 2.05) is 0 Å². The Hall–Kier alpha value is -2.41. The maximum atomic E-state index is 12.0. The average molecular weight is 369 g/mol. The molecule has 0 aliphatic heterocycles. The molecule has 0 fully saturated rings. The van der Waals surface area contributed by atoms with E-state index in [4.69, 9.17) is 21.1 Å². The number of nitrogens with zero attached hydrogens (tertiary/aromatic N) is 1. The van der Waals surface area contributed by atoms with Crippen LogP contribution in [-0.4, -0.2) is 36.9 Å². The summed E-state index contributed by atoms with van der Waals surface area (Å²) in [5.74, 6) is -1.67. The van der Waals surface area contributed by atoms with Gasteiger partial charge in [0.2, 0.25) is 0 Å². The monoisotopic (exact) mass is 368 g/mol. The number of carbonyl (C=O) groups excluding carboxylic acids is 3. The lowest BCUT2D eigenvalue weighted by atomic mass is 10.1. The molecule has 0 bridgehead atoms. The topological polar surface area (TPSA) is 94.1 Å². The first kappa shape index (κ1) is 20.6. The Kier molecular flexibility index (Phi) is 8.07. The Morgan fingerprint density at radius 3 is 2.44 bits per heavy atom. The number of benzene rings is 1. The first-order valence-electron chi connectivity index (χ1n) is 7.79. The Labute approximate surface area is 151 Å². The van der Waals surface area contributed by atoms with Gasteiger partial charge in [-0.2, -0.15) is 0 Å². The van der Waals surface area contributed by atoms with Crippen molar-refractivity contribution in [1.29, 1.82) is 0 Å². The minimum absolute atomic E-state index is 0.141. The highest BCUT2D eigenvalue weighted by atomic mass is 35.5. The lowest BCUT2D eigenvalue weighted by Gasteiger charge is -2.10. The summed E-state index contributed by atoms with van der Waals surface area (Å²) in [6.45, 7) is 7.01. The smallest absolute Gasteiger partial charge is 0.345 e. The molecular weight excluding hydrogens is 348 g/mol. The van der Waals surface area contributed by atoms with Crippen LogP contribution in [0.15, 0.2) is 23.2 Å². The van der Waals surface area contributed by atoms with Gasteiger partial charge in [-0.1, -0.05) is 11.6 Å².